The lowest BCUT2D eigenvalue weighted by atomic mass is 9.99. The van der Waals surface area contributed by atoms with E-state index >= 15 is 0 Å². The number of rotatable bonds is 1. The average Bonchev–Trinajstić information content (AvgIpc) is 2.74. The van der Waals surface area contributed by atoms with Gasteiger partial charge in [-0.05, 0) is 31.4 Å². The third-order valence-electron chi connectivity index (χ3n) is 3.16. The molecule has 18 heavy (non-hydrogen) atoms. The zero-order valence-electron chi connectivity index (χ0n) is 9.62. The van der Waals surface area contributed by atoms with Crippen LogP contribution in [0.2, 0.25) is 0 Å². The topological polar surface area (TPSA) is 38.9 Å². The summed E-state index contributed by atoms with van der Waals surface area (Å²) < 4.78 is 26.6. The summed E-state index contributed by atoms with van der Waals surface area (Å²) in [5.41, 5.74) is 7.22. The smallest absolute Gasteiger partial charge is 0.136 e. The number of nitrogens with zero attached hydrogens (tertiary/aromatic N) is 1. The summed E-state index contributed by atoms with van der Waals surface area (Å²) in [7, 11) is 0. The number of hydrogen-bond donors (Lipinski definition) is 1. The molecule has 0 bridgehead atoms. The van der Waals surface area contributed by atoms with Gasteiger partial charge in [0.15, 0.2) is 0 Å². The largest absolute Gasteiger partial charge is 0.323 e. The predicted molar refractivity (Wildman–Crippen MR) is 67.3 cm³/mol. The third-order valence-corrected chi connectivity index (χ3v) is 4.32. The van der Waals surface area contributed by atoms with Crippen LogP contribution in [0.25, 0.3) is 10.6 Å². The second-order valence-corrected chi connectivity index (χ2v) is 5.53. The molecular formula is C13H12F2N2S. The summed E-state index contributed by atoms with van der Waals surface area (Å²) in [6, 6.07) is 3.51. The minimum absolute atomic E-state index is 0.0535. The molecule has 1 aliphatic rings. The Labute approximate surface area is 107 Å². The van der Waals surface area contributed by atoms with Gasteiger partial charge in [-0.2, -0.15) is 0 Å². The van der Waals surface area contributed by atoms with E-state index in [1.165, 1.54) is 23.5 Å². The van der Waals surface area contributed by atoms with Gasteiger partial charge < -0.3 is 5.73 Å². The van der Waals surface area contributed by atoms with Gasteiger partial charge >= 0.3 is 0 Å². The van der Waals surface area contributed by atoms with Crippen LogP contribution < -0.4 is 5.73 Å². The van der Waals surface area contributed by atoms with Crippen LogP contribution in [0.5, 0.6) is 0 Å². The van der Waals surface area contributed by atoms with Gasteiger partial charge in [-0.3, -0.25) is 0 Å². The van der Waals surface area contributed by atoms with Crippen molar-refractivity contribution < 1.29 is 8.78 Å². The number of aryl methyl sites for hydroxylation is 1. The van der Waals surface area contributed by atoms with E-state index in [-0.39, 0.29) is 6.04 Å². The molecule has 2 N–H and O–H groups in total. The Morgan fingerprint density at radius 1 is 1.33 bits per heavy atom. The van der Waals surface area contributed by atoms with E-state index in [1.54, 1.807) is 0 Å². The Balaban J connectivity index is 2.07. The molecule has 0 saturated heterocycles. The Morgan fingerprint density at radius 3 is 2.89 bits per heavy atom. The van der Waals surface area contributed by atoms with Crippen LogP contribution in [0.4, 0.5) is 8.78 Å². The first-order valence-corrected chi connectivity index (χ1v) is 6.67. The number of thiazole rings is 1. The Kier molecular flexibility index (Phi) is 2.87. The van der Waals surface area contributed by atoms with Crippen molar-refractivity contribution in [1.82, 2.24) is 4.98 Å². The molecule has 0 spiro atoms. The molecule has 1 aromatic carbocycles. The van der Waals surface area contributed by atoms with Crippen molar-refractivity contribution in [3.63, 3.8) is 0 Å². The van der Waals surface area contributed by atoms with Crippen molar-refractivity contribution >= 4 is 11.3 Å². The highest BCUT2D eigenvalue weighted by Gasteiger charge is 2.23. The van der Waals surface area contributed by atoms with E-state index in [4.69, 9.17) is 5.73 Å². The molecule has 1 unspecified atom stereocenters. The van der Waals surface area contributed by atoms with Crippen LogP contribution in [0.1, 0.15) is 29.5 Å². The van der Waals surface area contributed by atoms with E-state index in [0.29, 0.717) is 10.6 Å². The van der Waals surface area contributed by atoms with Gasteiger partial charge in [0.1, 0.15) is 16.6 Å². The van der Waals surface area contributed by atoms with Crippen molar-refractivity contribution in [2.75, 3.05) is 0 Å². The first-order valence-electron chi connectivity index (χ1n) is 5.86. The Bertz CT molecular complexity index is 595. The first kappa shape index (κ1) is 11.7. The van der Waals surface area contributed by atoms with Crippen LogP contribution in [0, 0.1) is 11.6 Å². The normalized spacial score (nSPS) is 18.7. The molecular weight excluding hydrogens is 254 g/mol. The van der Waals surface area contributed by atoms with Crippen molar-refractivity contribution in [1.29, 1.82) is 0 Å². The predicted octanol–water partition coefficient (Wildman–Crippen LogP) is 3.42. The lowest BCUT2D eigenvalue weighted by Crippen LogP contribution is -2.16. The quantitative estimate of drug-likeness (QED) is 0.859. The highest BCUT2D eigenvalue weighted by Crippen LogP contribution is 2.36. The first-order chi connectivity index (χ1) is 8.65. The molecule has 5 heteroatoms. The molecule has 0 radical (unpaired) electrons. The van der Waals surface area contributed by atoms with E-state index < -0.39 is 11.6 Å². The second kappa shape index (κ2) is 4.40. The Hall–Kier alpha value is -1.33. The molecule has 0 fully saturated rings. The number of nitrogens with two attached hydrogens (primary N) is 1. The van der Waals surface area contributed by atoms with Gasteiger partial charge in [0.2, 0.25) is 0 Å². The number of fused-ring (bicyclic) bond motifs is 1. The molecule has 0 saturated carbocycles. The van der Waals surface area contributed by atoms with Crippen molar-refractivity contribution in [3.8, 4) is 10.6 Å². The van der Waals surface area contributed by atoms with Gasteiger partial charge in [0, 0.05) is 22.5 Å². The van der Waals surface area contributed by atoms with Crippen LogP contribution in [0.15, 0.2) is 18.2 Å². The fraction of sp³-hybridized carbons (Fsp3) is 0.308. The van der Waals surface area contributed by atoms with Crippen LogP contribution in [0.3, 0.4) is 0 Å². The molecule has 94 valence electrons. The van der Waals surface area contributed by atoms with Crippen molar-refractivity contribution in [2.45, 2.75) is 25.3 Å². The third kappa shape index (κ3) is 1.93. The number of aromatic nitrogens is 1. The molecule has 1 aliphatic carbocycles. The van der Waals surface area contributed by atoms with Crippen LogP contribution in [-0.4, -0.2) is 4.98 Å². The summed E-state index contributed by atoms with van der Waals surface area (Å²) in [5.74, 6) is -1.15. The molecule has 1 atom stereocenters. The molecule has 0 amide bonds. The zero-order chi connectivity index (χ0) is 12.7. The average molecular weight is 266 g/mol. The second-order valence-electron chi connectivity index (χ2n) is 4.45. The Morgan fingerprint density at radius 2 is 2.17 bits per heavy atom. The fourth-order valence-electron chi connectivity index (χ4n) is 2.23. The van der Waals surface area contributed by atoms with Gasteiger partial charge in [-0.25, -0.2) is 13.8 Å². The highest BCUT2D eigenvalue weighted by atomic mass is 32.1. The number of benzene rings is 1. The van der Waals surface area contributed by atoms with Gasteiger partial charge in [0.25, 0.3) is 0 Å². The maximum absolute atomic E-state index is 13.7. The molecule has 3 rings (SSSR count). The van der Waals surface area contributed by atoms with Crippen molar-refractivity contribution in [3.05, 3.63) is 40.4 Å². The standard InChI is InChI=1S/C13H12F2N2S/c14-7-4-5-8(9(15)6-7)13-17-12-10(16)2-1-3-11(12)18-13/h4-6,10H,1-3,16H2. The number of hydrogen-bond acceptors (Lipinski definition) is 3. The molecule has 2 aromatic rings. The summed E-state index contributed by atoms with van der Waals surface area (Å²) in [6.45, 7) is 0. The summed E-state index contributed by atoms with van der Waals surface area (Å²) >= 11 is 1.46. The van der Waals surface area contributed by atoms with Crippen LogP contribution in [-0.2, 0) is 6.42 Å². The maximum atomic E-state index is 13.7. The monoisotopic (exact) mass is 266 g/mol. The summed E-state index contributed by atoms with van der Waals surface area (Å²) in [5, 5.41) is 0.592. The van der Waals surface area contributed by atoms with Crippen LogP contribution >= 0.6 is 11.3 Å². The van der Waals surface area contributed by atoms with Crippen molar-refractivity contribution in [2.24, 2.45) is 5.73 Å². The highest BCUT2D eigenvalue weighted by molar-refractivity contribution is 7.15. The van der Waals surface area contributed by atoms with Gasteiger partial charge in [-0.15, -0.1) is 11.3 Å². The number of halogens is 2. The van der Waals surface area contributed by atoms with E-state index in [2.05, 4.69) is 4.98 Å². The minimum Gasteiger partial charge on any atom is -0.323 e. The van der Waals surface area contributed by atoms with E-state index in [0.717, 1.165) is 35.9 Å². The fourth-order valence-corrected chi connectivity index (χ4v) is 3.43. The summed E-state index contributed by atoms with van der Waals surface area (Å²) in [4.78, 5) is 5.56. The van der Waals surface area contributed by atoms with E-state index in [1.807, 2.05) is 0 Å². The maximum Gasteiger partial charge on any atom is 0.136 e. The van der Waals surface area contributed by atoms with Gasteiger partial charge in [0.05, 0.1) is 5.69 Å². The molecule has 2 nitrogen and oxygen atoms in total. The minimum atomic E-state index is -0.575. The lowest BCUT2D eigenvalue weighted by molar-refractivity contribution is 0.563. The summed E-state index contributed by atoms with van der Waals surface area (Å²) in [6.07, 6.45) is 2.91. The molecule has 1 aromatic heterocycles. The zero-order valence-corrected chi connectivity index (χ0v) is 10.4. The lowest BCUT2D eigenvalue weighted by Gasteiger charge is -2.15. The molecule has 0 aliphatic heterocycles. The van der Waals surface area contributed by atoms with E-state index in [9.17, 15) is 8.78 Å². The molecule has 1 heterocycles. The van der Waals surface area contributed by atoms with Gasteiger partial charge in [-0.1, -0.05) is 0 Å². The SMILES string of the molecule is NC1CCCc2sc(-c3ccc(F)cc3F)nc21.